The first-order valence-corrected chi connectivity index (χ1v) is 6.41. The van der Waals surface area contributed by atoms with E-state index in [0.29, 0.717) is 17.1 Å². The Kier molecular flexibility index (Phi) is 4.19. The first-order valence-electron chi connectivity index (χ1n) is 5.24. The highest BCUT2D eigenvalue weighted by molar-refractivity contribution is 9.10. The Bertz CT molecular complexity index is 607. The molecule has 0 aliphatic heterocycles. The Labute approximate surface area is 119 Å². The lowest BCUT2D eigenvalue weighted by Crippen LogP contribution is -2.02. The van der Waals surface area contributed by atoms with Crippen molar-refractivity contribution in [1.82, 2.24) is 4.98 Å². The van der Waals surface area contributed by atoms with Crippen LogP contribution in [0.25, 0.3) is 0 Å². The summed E-state index contributed by atoms with van der Waals surface area (Å²) in [5, 5.41) is 12.5. The van der Waals surface area contributed by atoms with Gasteiger partial charge in [-0.3, -0.25) is 0 Å². The molecule has 1 aromatic heterocycles. The summed E-state index contributed by atoms with van der Waals surface area (Å²) in [5.41, 5.74) is 2.24. The second-order valence-corrected chi connectivity index (χ2v) is 4.83. The van der Waals surface area contributed by atoms with Gasteiger partial charge in [0.2, 0.25) is 0 Å². The Balaban J connectivity index is 2.09. The molecule has 0 saturated heterocycles. The number of nitrogens with zero attached hydrogens (tertiary/aromatic N) is 2. The van der Waals surface area contributed by atoms with Crippen LogP contribution in [0, 0.1) is 11.3 Å². The maximum atomic E-state index is 8.75. The van der Waals surface area contributed by atoms with Crippen LogP contribution >= 0.6 is 27.5 Å². The van der Waals surface area contributed by atoms with Gasteiger partial charge in [-0.15, -0.1) is 0 Å². The zero-order valence-electron chi connectivity index (χ0n) is 9.32. The molecular weight excluding hydrogens is 314 g/mol. The summed E-state index contributed by atoms with van der Waals surface area (Å²) in [4.78, 5) is 4.31. The predicted octanol–water partition coefficient (Wildman–Crippen LogP) is 3.98. The van der Waals surface area contributed by atoms with Gasteiger partial charge in [0.15, 0.2) is 0 Å². The van der Waals surface area contributed by atoms with E-state index in [-0.39, 0.29) is 0 Å². The van der Waals surface area contributed by atoms with Gasteiger partial charge in [-0.2, -0.15) is 5.26 Å². The van der Waals surface area contributed by atoms with Crippen molar-refractivity contribution in [2.24, 2.45) is 0 Å². The van der Waals surface area contributed by atoms with Crippen molar-refractivity contribution in [1.29, 1.82) is 5.26 Å². The Morgan fingerprint density at radius 2 is 2.17 bits per heavy atom. The topological polar surface area (TPSA) is 48.7 Å². The largest absolute Gasteiger partial charge is 0.378 e. The Hall–Kier alpha value is -1.57. The van der Waals surface area contributed by atoms with E-state index in [2.05, 4.69) is 26.2 Å². The van der Waals surface area contributed by atoms with Gasteiger partial charge in [0.25, 0.3) is 0 Å². The summed E-state index contributed by atoms with van der Waals surface area (Å²) in [6.45, 7) is 0.574. The van der Waals surface area contributed by atoms with E-state index in [0.717, 1.165) is 16.0 Å². The number of nitriles is 1. The van der Waals surface area contributed by atoms with Crippen molar-refractivity contribution >= 4 is 33.2 Å². The number of hydrogen-bond donors (Lipinski definition) is 1. The molecule has 0 unspecified atom stereocenters. The van der Waals surface area contributed by atoms with Gasteiger partial charge in [-0.1, -0.05) is 17.7 Å². The number of anilines is 1. The molecule has 0 fully saturated rings. The van der Waals surface area contributed by atoms with Crippen LogP contribution in [0.4, 0.5) is 5.69 Å². The van der Waals surface area contributed by atoms with Gasteiger partial charge >= 0.3 is 0 Å². The van der Waals surface area contributed by atoms with Crippen molar-refractivity contribution in [3.63, 3.8) is 0 Å². The molecule has 0 aliphatic carbocycles. The maximum Gasteiger partial charge on any atom is 0.106 e. The number of nitrogens with one attached hydrogen (secondary N) is 1. The third-order valence-electron chi connectivity index (χ3n) is 2.33. The highest BCUT2D eigenvalue weighted by atomic mass is 79.9. The number of aromatic nitrogens is 1. The third kappa shape index (κ3) is 3.22. The monoisotopic (exact) mass is 321 g/mol. The molecule has 0 amide bonds. The van der Waals surface area contributed by atoms with E-state index in [9.17, 15) is 0 Å². The molecule has 90 valence electrons. The van der Waals surface area contributed by atoms with Crippen LogP contribution in [0.2, 0.25) is 5.02 Å². The van der Waals surface area contributed by atoms with Gasteiger partial charge in [-0.25, -0.2) is 4.98 Å². The molecule has 0 radical (unpaired) electrons. The van der Waals surface area contributed by atoms with Crippen LogP contribution in [-0.2, 0) is 6.54 Å². The standard InChI is InChI=1S/C13H9BrClN3/c14-13-3-1-2-10(18-13)8-17-12-5-4-9(7-16)6-11(12)15/h1-6,17H,8H2. The molecule has 0 saturated carbocycles. The SMILES string of the molecule is N#Cc1ccc(NCc2cccc(Br)n2)c(Cl)c1. The minimum atomic E-state index is 0.532. The second-order valence-electron chi connectivity index (χ2n) is 3.61. The minimum Gasteiger partial charge on any atom is -0.378 e. The summed E-state index contributed by atoms with van der Waals surface area (Å²) >= 11 is 9.38. The average Bonchev–Trinajstić information content (AvgIpc) is 2.37. The van der Waals surface area contributed by atoms with Crippen molar-refractivity contribution in [3.8, 4) is 6.07 Å². The fraction of sp³-hybridized carbons (Fsp3) is 0.0769. The minimum absolute atomic E-state index is 0.532. The quantitative estimate of drug-likeness (QED) is 0.870. The molecule has 0 spiro atoms. The van der Waals surface area contributed by atoms with E-state index in [4.69, 9.17) is 16.9 Å². The lowest BCUT2D eigenvalue weighted by atomic mass is 10.2. The van der Waals surface area contributed by atoms with Gasteiger partial charge in [0.1, 0.15) is 4.60 Å². The normalized spacial score (nSPS) is 9.83. The van der Waals surface area contributed by atoms with Crippen LogP contribution in [0.15, 0.2) is 41.0 Å². The van der Waals surface area contributed by atoms with E-state index in [1.807, 2.05) is 24.3 Å². The number of hydrogen-bond acceptors (Lipinski definition) is 3. The predicted molar refractivity (Wildman–Crippen MR) is 75.4 cm³/mol. The van der Waals surface area contributed by atoms with Crippen molar-refractivity contribution < 1.29 is 0 Å². The highest BCUT2D eigenvalue weighted by Crippen LogP contribution is 2.23. The van der Waals surface area contributed by atoms with E-state index in [1.165, 1.54) is 0 Å². The molecule has 18 heavy (non-hydrogen) atoms. The molecule has 0 aliphatic rings. The van der Waals surface area contributed by atoms with Crippen LogP contribution in [0.3, 0.4) is 0 Å². The number of halogens is 2. The fourth-order valence-corrected chi connectivity index (χ4v) is 2.09. The number of rotatable bonds is 3. The summed E-state index contributed by atoms with van der Waals surface area (Å²) in [6, 6.07) is 12.9. The summed E-state index contributed by atoms with van der Waals surface area (Å²) < 4.78 is 0.799. The number of benzene rings is 1. The summed E-state index contributed by atoms with van der Waals surface area (Å²) in [5.74, 6) is 0. The van der Waals surface area contributed by atoms with Crippen LogP contribution in [0.5, 0.6) is 0 Å². The zero-order chi connectivity index (χ0) is 13.0. The molecule has 0 bridgehead atoms. The van der Waals surface area contributed by atoms with Gasteiger partial charge in [0, 0.05) is 0 Å². The third-order valence-corrected chi connectivity index (χ3v) is 3.09. The number of pyridine rings is 1. The molecule has 2 rings (SSSR count). The fourth-order valence-electron chi connectivity index (χ4n) is 1.46. The summed E-state index contributed by atoms with van der Waals surface area (Å²) in [6.07, 6.45) is 0. The van der Waals surface area contributed by atoms with Crippen molar-refractivity contribution in [2.75, 3.05) is 5.32 Å². The Morgan fingerprint density at radius 3 is 2.83 bits per heavy atom. The van der Waals surface area contributed by atoms with E-state index >= 15 is 0 Å². The van der Waals surface area contributed by atoms with Crippen LogP contribution < -0.4 is 5.32 Å². The van der Waals surface area contributed by atoms with Crippen LogP contribution in [-0.4, -0.2) is 4.98 Å². The van der Waals surface area contributed by atoms with E-state index < -0.39 is 0 Å². The van der Waals surface area contributed by atoms with Crippen molar-refractivity contribution in [3.05, 3.63) is 57.3 Å². The smallest absolute Gasteiger partial charge is 0.106 e. The lowest BCUT2D eigenvalue weighted by Gasteiger charge is -2.08. The van der Waals surface area contributed by atoms with Crippen LogP contribution in [0.1, 0.15) is 11.3 Å². The maximum absolute atomic E-state index is 8.75. The van der Waals surface area contributed by atoms with Gasteiger partial charge < -0.3 is 5.32 Å². The second kappa shape index (κ2) is 5.85. The molecule has 1 heterocycles. The summed E-state index contributed by atoms with van der Waals surface area (Å²) in [7, 11) is 0. The lowest BCUT2D eigenvalue weighted by molar-refractivity contribution is 1.03. The zero-order valence-corrected chi connectivity index (χ0v) is 11.7. The van der Waals surface area contributed by atoms with Gasteiger partial charge in [0.05, 0.1) is 34.6 Å². The molecule has 0 atom stereocenters. The van der Waals surface area contributed by atoms with E-state index in [1.54, 1.807) is 18.2 Å². The average molecular weight is 323 g/mol. The molecule has 1 aromatic carbocycles. The molecular formula is C13H9BrClN3. The Morgan fingerprint density at radius 1 is 1.33 bits per heavy atom. The first-order chi connectivity index (χ1) is 8.69. The molecule has 1 N–H and O–H groups in total. The van der Waals surface area contributed by atoms with Gasteiger partial charge in [-0.05, 0) is 46.3 Å². The molecule has 3 nitrogen and oxygen atoms in total. The first kappa shape index (κ1) is 12.9. The molecule has 5 heteroatoms. The van der Waals surface area contributed by atoms with Crippen molar-refractivity contribution in [2.45, 2.75) is 6.54 Å². The highest BCUT2D eigenvalue weighted by Gasteiger charge is 2.02. The molecule has 2 aromatic rings.